The van der Waals surface area contributed by atoms with Crippen LogP contribution in [0, 0.1) is 5.92 Å². The molecule has 0 atom stereocenters. The van der Waals surface area contributed by atoms with Crippen LogP contribution in [-0.2, 0) is 10.0 Å². The van der Waals surface area contributed by atoms with Gasteiger partial charge in [0, 0.05) is 27.8 Å². The van der Waals surface area contributed by atoms with Crippen LogP contribution >= 0.6 is 24.0 Å². The minimum absolute atomic E-state index is 0. The molecule has 0 saturated carbocycles. The zero-order chi connectivity index (χ0) is 21.0. The predicted octanol–water partition coefficient (Wildman–Crippen LogP) is 3.91. The summed E-state index contributed by atoms with van der Waals surface area (Å²) < 4.78 is 24.9. The maximum Gasteiger partial charge on any atom is 0.229 e. The maximum atomic E-state index is 12.6. The van der Waals surface area contributed by atoms with Crippen LogP contribution in [0.3, 0.4) is 0 Å². The topological polar surface area (TPSA) is 83.6 Å². The van der Waals surface area contributed by atoms with Gasteiger partial charge < -0.3 is 0 Å². The van der Waals surface area contributed by atoms with Crippen molar-refractivity contribution in [3.05, 3.63) is 64.7 Å². The number of piperidine rings is 1. The molecule has 2 aromatic carbocycles. The minimum Gasteiger partial charge on any atom is -0.296 e. The number of anilines is 1. The van der Waals surface area contributed by atoms with E-state index >= 15 is 0 Å². The molecule has 1 fully saturated rings. The molecule has 1 saturated heterocycles. The highest BCUT2D eigenvalue weighted by Gasteiger charge is 2.26. The van der Waals surface area contributed by atoms with Crippen LogP contribution in [0.2, 0.25) is 5.02 Å². The molecule has 0 aromatic heterocycles. The SMILES string of the molecule is CS(=O)(=O)Nc1ccc(C(=O)CN2CCC(C(=O)c3ccc(Cl)cc3)CC2)cc1.Cl. The second kappa shape index (κ2) is 10.4. The number of benzene rings is 2. The van der Waals surface area contributed by atoms with E-state index in [9.17, 15) is 18.0 Å². The summed E-state index contributed by atoms with van der Waals surface area (Å²) in [5.74, 6) is 0.0591. The van der Waals surface area contributed by atoms with Crippen LogP contribution in [0.25, 0.3) is 0 Å². The van der Waals surface area contributed by atoms with E-state index in [0.717, 1.165) is 6.26 Å². The highest BCUT2D eigenvalue weighted by molar-refractivity contribution is 7.92. The van der Waals surface area contributed by atoms with Crippen LogP contribution < -0.4 is 4.72 Å². The van der Waals surface area contributed by atoms with E-state index in [4.69, 9.17) is 11.6 Å². The van der Waals surface area contributed by atoms with Gasteiger partial charge in [-0.05, 0) is 74.5 Å². The highest BCUT2D eigenvalue weighted by atomic mass is 35.5. The normalized spacial score (nSPS) is 15.3. The number of rotatable bonds is 7. The van der Waals surface area contributed by atoms with E-state index in [1.54, 1.807) is 48.5 Å². The number of nitrogens with zero attached hydrogens (tertiary/aromatic N) is 1. The highest BCUT2D eigenvalue weighted by Crippen LogP contribution is 2.23. The fraction of sp³-hybridized carbons (Fsp3) is 0.333. The van der Waals surface area contributed by atoms with E-state index in [1.165, 1.54) is 0 Å². The number of nitrogens with one attached hydrogen (secondary N) is 1. The van der Waals surface area contributed by atoms with E-state index < -0.39 is 10.0 Å². The van der Waals surface area contributed by atoms with Gasteiger partial charge in [0.05, 0.1) is 12.8 Å². The molecule has 0 unspecified atom stereocenters. The average Bonchev–Trinajstić information content (AvgIpc) is 2.68. The molecule has 162 valence electrons. The number of hydrogen-bond donors (Lipinski definition) is 1. The number of likely N-dealkylation sites (tertiary alicyclic amines) is 1. The van der Waals surface area contributed by atoms with Gasteiger partial charge in [0.2, 0.25) is 10.0 Å². The van der Waals surface area contributed by atoms with Crippen LogP contribution in [0.15, 0.2) is 48.5 Å². The Balaban J connectivity index is 0.00000320. The molecule has 0 spiro atoms. The Bertz CT molecular complexity index is 985. The monoisotopic (exact) mass is 470 g/mol. The smallest absolute Gasteiger partial charge is 0.229 e. The molecule has 0 bridgehead atoms. The molecule has 30 heavy (non-hydrogen) atoms. The Morgan fingerprint density at radius 3 is 2.07 bits per heavy atom. The predicted molar refractivity (Wildman–Crippen MR) is 121 cm³/mol. The largest absolute Gasteiger partial charge is 0.296 e. The summed E-state index contributed by atoms with van der Waals surface area (Å²) in [5.41, 5.74) is 1.63. The lowest BCUT2D eigenvalue weighted by molar-refractivity contribution is 0.0805. The third kappa shape index (κ3) is 6.80. The Morgan fingerprint density at radius 1 is 1.00 bits per heavy atom. The molecule has 1 N–H and O–H groups in total. The molecular weight excluding hydrogens is 447 g/mol. The van der Waals surface area contributed by atoms with Crippen LogP contribution in [0.4, 0.5) is 5.69 Å². The maximum absolute atomic E-state index is 12.6. The third-order valence-electron chi connectivity index (χ3n) is 4.96. The van der Waals surface area contributed by atoms with E-state index in [-0.39, 0.29) is 36.4 Å². The number of hydrogen-bond acceptors (Lipinski definition) is 5. The molecule has 1 aliphatic rings. The lowest BCUT2D eigenvalue weighted by Gasteiger charge is -2.30. The summed E-state index contributed by atoms with van der Waals surface area (Å²) in [6.45, 7) is 1.65. The minimum atomic E-state index is -3.34. The summed E-state index contributed by atoms with van der Waals surface area (Å²) in [6, 6.07) is 13.3. The summed E-state index contributed by atoms with van der Waals surface area (Å²) in [6.07, 6.45) is 2.51. The van der Waals surface area contributed by atoms with Gasteiger partial charge >= 0.3 is 0 Å². The molecular formula is C21H24Cl2N2O4S. The van der Waals surface area contributed by atoms with Crippen molar-refractivity contribution >= 4 is 51.3 Å². The van der Waals surface area contributed by atoms with Crippen LogP contribution in [0.5, 0.6) is 0 Å². The molecule has 1 aliphatic heterocycles. The number of carbonyl (C=O) groups is 2. The average molecular weight is 471 g/mol. The number of halogens is 2. The van der Waals surface area contributed by atoms with Gasteiger partial charge in [-0.15, -0.1) is 12.4 Å². The molecule has 3 rings (SSSR count). The van der Waals surface area contributed by atoms with E-state index in [0.29, 0.717) is 47.8 Å². The molecule has 6 nitrogen and oxygen atoms in total. The quantitative estimate of drug-likeness (QED) is 0.620. The summed E-state index contributed by atoms with van der Waals surface area (Å²) in [5, 5.41) is 0.606. The molecule has 0 radical (unpaired) electrons. The van der Waals surface area contributed by atoms with Crippen molar-refractivity contribution in [1.82, 2.24) is 4.90 Å². The summed E-state index contributed by atoms with van der Waals surface area (Å²) >= 11 is 5.88. The van der Waals surface area contributed by atoms with Gasteiger partial charge in [-0.25, -0.2) is 8.42 Å². The zero-order valence-electron chi connectivity index (χ0n) is 16.5. The summed E-state index contributed by atoms with van der Waals surface area (Å²) in [7, 11) is -3.34. The van der Waals surface area contributed by atoms with Crippen LogP contribution in [0.1, 0.15) is 33.6 Å². The van der Waals surface area contributed by atoms with Gasteiger partial charge in [0.25, 0.3) is 0 Å². The van der Waals surface area contributed by atoms with Crippen molar-refractivity contribution in [2.75, 3.05) is 30.6 Å². The number of ketones is 2. The van der Waals surface area contributed by atoms with Crippen molar-refractivity contribution in [2.45, 2.75) is 12.8 Å². The Hall–Kier alpha value is -1.93. The Morgan fingerprint density at radius 2 is 1.53 bits per heavy atom. The second-order valence-electron chi connectivity index (χ2n) is 7.30. The van der Waals surface area contributed by atoms with Gasteiger partial charge in [-0.2, -0.15) is 0 Å². The Labute approximate surface area is 188 Å². The standard InChI is InChI=1S/C21H23ClN2O4S.ClH/c1-29(27,28)23-19-8-4-15(5-9-19)20(25)14-24-12-10-17(11-13-24)21(26)16-2-6-18(22)7-3-16;/h2-9,17,23H,10-14H2,1H3;1H. The zero-order valence-corrected chi connectivity index (χ0v) is 18.9. The first-order valence-electron chi connectivity index (χ1n) is 9.34. The van der Waals surface area contributed by atoms with Gasteiger partial charge in [-0.3, -0.25) is 19.2 Å². The number of Topliss-reactive ketones (excluding diaryl/α,β-unsaturated/α-hetero) is 2. The first-order valence-corrected chi connectivity index (χ1v) is 11.6. The fourth-order valence-corrected chi connectivity index (χ4v) is 4.13. The van der Waals surface area contributed by atoms with Gasteiger partial charge in [0.15, 0.2) is 11.6 Å². The lowest BCUT2D eigenvalue weighted by Crippen LogP contribution is -2.39. The van der Waals surface area contributed by atoms with Gasteiger partial charge in [0.1, 0.15) is 0 Å². The first kappa shape index (κ1) is 24.3. The second-order valence-corrected chi connectivity index (χ2v) is 9.48. The molecule has 2 aromatic rings. The molecule has 9 heteroatoms. The van der Waals surface area contributed by atoms with Crippen molar-refractivity contribution in [1.29, 1.82) is 0 Å². The summed E-state index contributed by atoms with van der Waals surface area (Å²) in [4.78, 5) is 27.2. The third-order valence-corrected chi connectivity index (χ3v) is 5.82. The van der Waals surface area contributed by atoms with Crippen molar-refractivity contribution < 1.29 is 18.0 Å². The molecule has 1 heterocycles. The Kier molecular flexibility index (Phi) is 8.43. The number of sulfonamides is 1. The number of carbonyl (C=O) groups excluding carboxylic acids is 2. The van der Waals surface area contributed by atoms with E-state index in [1.807, 2.05) is 0 Å². The molecule has 0 aliphatic carbocycles. The molecule has 0 amide bonds. The van der Waals surface area contributed by atoms with Crippen molar-refractivity contribution in [3.8, 4) is 0 Å². The van der Waals surface area contributed by atoms with Gasteiger partial charge in [-0.1, -0.05) is 11.6 Å². The van der Waals surface area contributed by atoms with Crippen molar-refractivity contribution in [3.63, 3.8) is 0 Å². The van der Waals surface area contributed by atoms with Crippen molar-refractivity contribution in [2.24, 2.45) is 5.92 Å². The van der Waals surface area contributed by atoms with Crippen LogP contribution in [-0.4, -0.2) is 50.8 Å². The van der Waals surface area contributed by atoms with E-state index in [2.05, 4.69) is 9.62 Å². The first-order chi connectivity index (χ1) is 13.7. The fourth-order valence-electron chi connectivity index (χ4n) is 3.44. The lowest BCUT2D eigenvalue weighted by atomic mass is 9.89.